The van der Waals surface area contributed by atoms with Crippen LogP contribution in [0.1, 0.15) is 12.1 Å². The van der Waals surface area contributed by atoms with E-state index in [4.69, 9.17) is 0 Å². The van der Waals surface area contributed by atoms with E-state index in [0.29, 0.717) is 0 Å². The van der Waals surface area contributed by atoms with Gasteiger partial charge in [-0.3, -0.25) is 0 Å². The molecule has 0 aliphatic heterocycles. The third-order valence-corrected chi connectivity index (χ3v) is 1.81. The summed E-state index contributed by atoms with van der Waals surface area (Å²) in [5, 5.41) is 0. The first-order valence-electron chi connectivity index (χ1n) is 4.75. The summed E-state index contributed by atoms with van der Waals surface area (Å²) in [6, 6.07) is 0. The first kappa shape index (κ1) is 10.5. The highest BCUT2D eigenvalue weighted by molar-refractivity contribution is 5.08. The van der Waals surface area contributed by atoms with E-state index in [0.717, 1.165) is 18.7 Å². The molecule has 1 aromatic rings. The molecule has 74 valence electrons. The molecule has 0 fully saturated rings. The Morgan fingerprint density at radius 3 is 2.93 bits per heavy atom. The summed E-state index contributed by atoms with van der Waals surface area (Å²) in [5.41, 5.74) is 1.07. The molecule has 1 heterocycles. The second-order valence-corrected chi connectivity index (χ2v) is 3.09. The quantitative estimate of drug-likeness (QED) is 0.650. The van der Waals surface area contributed by atoms with Gasteiger partial charge >= 0.3 is 0 Å². The predicted molar refractivity (Wildman–Crippen MR) is 60.1 cm³/mol. The summed E-state index contributed by atoms with van der Waals surface area (Å²) in [4.78, 5) is 4.16. The Morgan fingerprint density at radius 2 is 2.29 bits per heavy atom. The van der Waals surface area contributed by atoms with Crippen LogP contribution in [0.4, 0.5) is 0 Å². The Kier molecular flexibility index (Phi) is 4.48. The molecule has 0 bridgehead atoms. The van der Waals surface area contributed by atoms with E-state index in [1.54, 1.807) is 6.08 Å². The van der Waals surface area contributed by atoms with Crippen molar-refractivity contribution in [3.63, 3.8) is 0 Å². The fourth-order valence-corrected chi connectivity index (χ4v) is 1.14. The number of imidazole rings is 1. The van der Waals surface area contributed by atoms with Gasteiger partial charge in [0.1, 0.15) is 0 Å². The maximum absolute atomic E-state index is 4.16. The van der Waals surface area contributed by atoms with E-state index >= 15 is 0 Å². The highest BCUT2D eigenvalue weighted by atomic mass is 15.0. The van der Waals surface area contributed by atoms with Crippen LogP contribution in [0.5, 0.6) is 0 Å². The zero-order chi connectivity index (χ0) is 10.2. The molecule has 0 atom stereocenters. The molecule has 0 aliphatic rings. The average molecular weight is 188 g/mol. The zero-order valence-electron chi connectivity index (χ0n) is 8.56. The number of allylic oxidation sites excluding steroid dienone is 5. The van der Waals surface area contributed by atoms with Crippen LogP contribution in [0.2, 0.25) is 0 Å². The lowest BCUT2D eigenvalue weighted by molar-refractivity contribution is 0.709. The van der Waals surface area contributed by atoms with E-state index in [1.807, 2.05) is 37.7 Å². The molecule has 0 saturated carbocycles. The van der Waals surface area contributed by atoms with Crippen molar-refractivity contribution in [1.29, 1.82) is 0 Å². The third kappa shape index (κ3) is 3.90. The van der Waals surface area contributed by atoms with Crippen LogP contribution in [0.25, 0.3) is 0 Å². The van der Waals surface area contributed by atoms with Gasteiger partial charge in [-0.2, -0.15) is 0 Å². The first-order chi connectivity index (χ1) is 6.83. The largest absolute Gasteiger partial charge is 0.337 e. The predicted octanol–water partition coefficient (Wildman–Crippen LogP) is 2.88. The first-order valence-corrected chi connectivity index (χ1v) is 4.75. The van der Waals surface area contributed by atoms with Gasteiger partial charge in [-0.1, -0.05) is 37.0 Å². The fourth-order valence-electron chi connectivity index (χ4n) is 1.14. The van der Waals surface area contributed by atoms with Gasteiger partial charge in [-0.15, -0.1) is 0 Å². The van der Waals surface area contributed by atoms with Crippen LogP contribution < -0.4 is 0 Å². The molecule has 14 heavy (non-hydrogen) atoms. The summed E-state index contributed by atoms with van der Waals surface area (Å²) in [5.74, 6) is 0. The van der Waals surface area contributed by atoms with Gasteiger partial charge in [0.15, 0.2) is 0 Å². The molecule has 0 unspecified atom stereocenters. The van der Waals surface area contributed by atoms with Gasteiger partial charge in [0.25, 0.3) is 0 Å². The topological polar surface area (TPSA) is 17.8 Å². The number of rotatable bonds is 5. The molecular formula is C12H16N2. The van der Waals surface area contributed by atoms with Crippen LogP contribution in [0, 0.1) is 6.92 Å². The molecule has 0 aromatic carbocycles. The van der Waals surface area contributed by atoms with E-state index < -0.39 is 0 Å². The minimum atomic E-state index is 0.985. The second kappa shape index (κ2) is 5.97. The van der Waals surface area contributed by atoms with Gasteiger partial charge in [-0.25, -0.2) is 4.98 Å². The molecule has 0 aliphatic carbocycles. The molecule has 0 spiro atoms. The number of hydrogen-bond donors (Lipinski definition) is 0. The van der Waals surface area contributed by atoms with Crippen molar-refractivity contribution < 1.29 is 0 Å². The lowest BCUT2D eigenvalue weighted by atomic mass is 10.3. The van der Waals surface area contributed by atoms with Crippen molar-refractivity contribution in [2.45, 2.75) is 19.9 Å². The van der Waals surface area contributed by atoms with Crippen LogP contribution in [0.15, 0.2) is 49.5 Å². The monoisotopic (exact) mass is 188 g/mol. The van der Waals surface area contributed by atoms with E-state index in [-0.39, 0.29) is 0 Å². The van der Waals surface area contributed by atoms with Gasteiger partial charge in [-0.05, 0) is 13.3 Å². The van der Waals surface area contributed by atoms with Gasteiger partial charge in [0.05, 0.1) is 12.0 Å². The van der Waals surface area contributed by atoms with Gasteiger partial charge in [0.2, 0.25) is 0 Å². The van der Waals surface area contributed by atoms with E-state index in [2.05, 4.69) is 22.2 Å². The molecule has 0 saturated heterocycles. The number of aromatic nitrogens is 2. The second-order valence-electron chi connectivity index (χ2n) is 3.09. The van der Waals surface area contributed by atoms with Crippen LogP contribution in [-0.4, -0.2) is 9.55 Å². The maximum atomic E-state index is 4.16. The molecule has 2 heteroatoms. The molecule has 0 amide bonds. The van der Waals surface area contributed by atoms with Crippen LogP contribution >= 0.6 is 0 Å². The molecule has 0 radical (unpaired) electrons. The smallest absolute Gasteiger partial charge is 0.0949 e. The van der Waals surface area contributed by atoms with E-state index in [1.165, 1.54) is 0 Å². The summed E-state index contributed by atoms with van der Waals surface area (Å²) in [6.07, 6.45) is 14.8. The Labute approximate surface area is 85.3 Å². The van der Waals surface area contributed by atoms with Crippen molar-refractivity contribution in [3.05, 3.63) is 55.2 Å². The van der Waals surface area contributed by atoms with Crippen LogP contribution in [-0.2, 0) is 6.54 Å². The minimum absolute atomic E-state index is 0.985. The Hall–Kier alpha value is -1.57. The van der Waals surface area contributed by atoms with Gasteiger partial charge in [0, 0.05) is 12.7 Å². The number of aryl methyl sites for hydroxylation is 2. The Balaban J connectivity index is 2.24. The normalized spacial score (nSPS) is 11.5. The standard InChI is InChI=1S/C12H16N2/c1-3-4-5-6-7-8-9-14-10-12(2)13-11-14/h3-7,10-11H,1,8-9H2,2H3/b5-4-,7-6-. The zero-order valence-corrected chi connectivity index (χ0v) is 8.56. The SMILES string of the molecule is C=C/C=C\C=C/CCn1cnc(C)c1. The molecule has 0 N–H and O–H groups in total. The molecular weight excluding hydrogens is 172 g/mol. The number of nitrogens with zero attached hydrogens (tertiary/aromatic N) is 2. The maximum Gasteiger partial charge on any atom is 0.0949 e. The minimum Gasteiger partial charge on any atom is -0.337 e. The Bertz CT molecular complexity index is 332. The summed E-state index contributed by atoms with van der Waals surface area (Å²) in [6.45, 7) is 6.58. The highest BCUT2D eigenvalue weighted by Crippen LogP contribution is 1.96. The molecule has 1 rings (SSSR count). The van der Waals surface area contributed by atoms with Crippen molar-refractivity contribution >= 4 is 0 Å². The Morgan fingerprint density at radius 1 is 1.43 bits per heavy atom. The lowest BCUT2D eigenvalue weighted by Gasteiger charge is -1.95. The van der Waals surface area contributed by atoms with Crippen molar-refractivity contribution in [2.75, 3.05) is 0 Å². The summed E-state index contributed by atoms with van der Waals surface area (Å²) >= 11 is 0. The van der Waals surface area contributed by atoms with Gasteiger partial charge < -0.3 is 4.57 Å². The van der Waals surface area contributed by atoms with Crippen molar-refractivity contribution in [2.24, 2.45) is 0 Å². The summed E-state index contributed by atoms with van der Waals surface area (Å²) in [7, 11) is 0. The number of hydrogen-bond acceptors (Lipinski definition) is 1. The van der Waals surface area contributed by atoms with Crippen LogP contribution in [0.3, 0.4) is 0 Å². The van der Waals surface area contributed by atoms with Crippen molar-refractivity contribution in [1.82, 2.24) is 9.55 Å². The average Bonchev–Trinajstić information content (AvgIpc) is 2.58. The lowest BCUT2D eigenvalue weighted by Crippen LogP contribution is -1.91. The highest BCUT2D eigenvalue weighted by Gasteiger charge is 1.90. The molecule has 1 aromatic heterocycles. The summed E-state index contributed by atoms with van der Waals surface area (Å²) < 4.78 is 2.09. The fraction of sp³-hybridized carbons (Fsp3) is 0.250. The van der Waals surface area contributed by atoms with Crippen molar-refractivity contribution in [3.8, 4) is 0 Å². The molecule has 2 nitrogen and oxygen atoms in total. The van der Waals surface area contributed by atoms with E-state index in [9.17, 15) is 0 Å². The third-order valence-electron chi connectivity index (χ3n) is 1.81.